The quantitative estimate of drug-likeness (QED) is 0.114. The third kappa shape index (κ3) is 7.78. The van der Waals surface area contributed by atoms with Crippen molar-refractivity contribution in [2.24, 2.45) is 5.73 Å². The van der Waals surface area contributed by atoms with Crippen LogP contribution in [0.1, 0.15) is 26.3 Å². The molecule has 0 aliphatic heterocycles. The lowest BCUT2D eigenvalue weighted by atomic mass is 10.0. The van der Waals surface area contributed by atoms with Gasteiger partial charge in [0.05, 0.1) is 5.75 Å². The van der Waals surface area contributed by atoms with Crippen LogP contribution in [0, 0.1) is 0 Å². The van der Waals surface area contributed by atoms with E-state index in [1.54, 1.807) is 78.9 Å². The topological polar surface area (TPSA) is 130 Å². The number of anilines is 2. The van der Waals surface area contributed by atoms with Gasteiger partial charge in [0, 0.05) is 27.4 Å². The molecule has 9 heteroatoms. The molecule has 218 valence electrons. The fraction of sp³-hybridized carbons (Fsp3) is 0.0286. The minimum absolute atomic E-state index is 0.0918. The molecule has 44 heavy (non-hydrogen) atoms. The van der Waals surface area contributed by atoms with Crippen molar-refractivity contribution >= 4 is 63.6 Å². The molecule has 8 nitrogen and oxygen atoms in total. The molecule has 0 heterocycles. The summed E-state index contributed by atoms with van der Waals surface area (Å²) in [4.78, 5) is 50.9. The van der Waals surface area contributed by atoms with Crippen LogP contribution in [0.3, 0.4) is 0 Å². The van der Waals surface area contributed by atoms with E-state index in [9.17, 15) is 19.2 Å². The van der Waals surface area contributed by atoms with Crippen LogP contribution in [0.2, 0.25) is 0 Å². The largest absolute Gasteiger partial charge is 0.366 e. The number of carbonyl (C=O) groups is 4. The number of nitrogens with two attached hydrogens (primary N) is 1. The fourth-order valence-electron chi connectivity index (χ4n) is 4.37. The second-order valence-corrected chi connectivity index (χ2v) is 10.8. The monoisotopic (exact) mass is 600 g/mol. The second kappa shape index (κ2) is 14.0. The molecule has 0 aliphatic rings. The Morgan fingerprint density at radius 3 is 2.02 bits per heavy atom. The first kappa shape index (κ1) is 29.8. The molecule has 5 aromatic rings. The van der Waals surface area contributed by atoms with Crippen LogP contribution in [0.15, 0.2) is 132 Å². The smallest absolute Gasteiger partial charge is 0.272 e. The van der Waals surface area contributed by atoms with Gasteiger partial charge in [0.15, 0.2) is 0 Å². The van der Waals surface area contributed by atoms with Crippen molar-refractivity contribution in [2.45, 2.75) is 4.90 Å². The van der Waals surface area contributed by atoms with E-state index in [0.717, 1.165) is 21.2 Å². The average Bonchev–Trinajstić information content (AvgIpc) is 3.05. The summed E-state index contributed by atoms with van der Waals surface area (Å²) in [6, 6.07) is 35.7. The standard InChI is InChI=1S/C35H28N4O4S/c36-33(41)24-13-15-27(16-14-24)37-32(40)22-44-29-19-17-28(18-20-29)38-35(43)31(39-34(42)25-8-2-1-3-9-25)21-26-11-6-10-23-7-4-5-12-30(23)26/h1-21H,22H2,(H2,36,41)(H,37,40)(H,38,43)(H,39,42)/b31-21-. The number of benzene rings is 5. The van der Waals surface area contributed by atoms with Crippen LogP contribution in [0.5, 0.6) is 0 Å². The molecule has 4 amide bonds. The first-order valence-electron chi connectivity index (χ1n) is 13.7. The first-order valence-corrected chi connectivity index (χ1v) is 14.6. The highest BCUT2D eigenvalue weighted by Gasteiger charge is 2.16. The van der Waals surface area contributed by atoms with Crippen molar-refractivity contribution in [3.8, 4) is 0 Å². The maximum atomic E-state index is 13.5. The van der Waals surface area contributed by atoms with Gasteiger partial charge in [-0.1, -0.05) is 60.7 Å². The van der Waals surface area contributed by atoms with Crippen molar-refractivity contribution in [1.29, 1.82) is 0 Å². The third-order valence-electron chi connectivity index (χ3n) is 6.59. The first-order chi connectivity index (χ1) is 21.4. The van der Waals surface area contributed by atoms with Crippen molar-refractivity contribution in [1.82, 2.24) is 5.32 Å². The molecule has 0 saturated carbocycles. The number of carbonyl (C=O) groups excluding carboxylic acids is 4. The molecule has 0 fully saturated rings. The Morgan fingerprint density at radius 1 is 0.659 bits per heavy atom. The predicted octanol–water partition coefficient (Wildman–Crippen LogP) is 6.08. The van der Waals surface area contributed by atoms with Gasteiger partial charge in [0.25, 0.3) is 11.8 Å². The van der Waals surface area contributed by atoms with Gasteiger partial charge in [-0.2, -0.15) is 0 Å². The summed E-state index contributed by atoms with van der Waals surface area (Å²) >= 11 is 1.33. The lowest BCUT2D eigenvalue weighted by molar-refractivity contribution is -0.114. The summed E-state index contributed by atoms with van der Waals surface area (Å²) < 4.78 is 0. The molecule has 0 unspecified atom stereocenters. The van der Waals surface area contributed by atoms with E-state index in [2.05, 4.69) is 16.0 Å². The minimum Gasteiger partial charge on any atom is -0.366 e. The summed E-state index contributed by atoms with van der Waals surface area (Å²) in [5.74, 6) is -1.47. The van der Waals surface area contributed by atoms with Gasteiger partial charge in [-0.15, -0.1) is 11.8 Å². The Labute approximate surface area is 258 Å². The fourth-order valence-corrected chi connectivity index (χ4v) is 5.07. The Balaban J connectivity index is 1.26. The SMILES string of the molecule is NC(=O)c1ccc(NC(=O)CSc2ccc(NC(=O)/C(=C/c3cccc4ccccc34)NC(=O)c3ccccc3)cc2)cc1. The minimum atomic E-state index is -0.535. The highest BCUT2D eigenvalue weighted by atomic mass is 32.2. The van der Waals surface area contributed by atoms with E-state index in [4.69, 9.17) is 5.73 Å². The van der Waals surface area contributed by atoms with Crippen molar-refractivity contribution in [3.63, 3.8) is 0 Å². The van der Waals surface area contributed by atoms with Crippen LogP contribution in [-0.4, -0.2) is 29.4 Å². The third-order valence-corrected chi connectivity index (χ3v) is 7.60. The van der Waals surface area contributed by atoms with E-state index in [0.29, 0.717) is 22.5 Å². The second-order valence-electron chi connectivity index (χ2n) is 9.70. The molecule has 5 N–H and O–H groups in total. The van der Waals surface area contributed by atoms with Crippen molar-refractivity contribution in [3.05, 3.63) is 144 Å². The molecule has 0 aliphatic carbocycles. The number of nitrogens with one attached hydrogen (secondary N) is 3. The zero-order valence-corrected chi connectivity index (χ0v) is 24.3. The predicted molar refractivity (Wildman–Crippen MR) is 175 cm³/mol. The molecular weight excluding hydrogens is 572 g/mol. The molecule has 5 aromatic carbocycles. The van der Waals surface area contributed by atoms with Crippen LogP contribution in [-0.2, 0) is 9.59 Å². The van der Waals surface area contributed by atoms with Crippen molar-refractivity contribution < 1.29 is 19.2 Å². The van der Waals surface area contributed by atoms with Gasteiger partial charge in [0.1, 0.15) is 5.70 Å². The normalized spacial score (nSPS) is 11.0. The zero-order valence-electron chi connectivity index (χ0n) is 23.5. The number of fused-ring (bicyclic) bond motifs is 1. The van der Waals surface area contributed by atoms with Gasteiger partial charge in [-0.3, -0.25) is 19.2 Å². The summed E-state index contributed by atoms with van der Waals surface area (Å²) in [5.41, 5.74) is 8.00. The number of primary amides is 1. The lowest BCUT2D eigenvalue weighted by Gasteiger charge is -2.12. The Kier molecular flexibility index (Phi) is 9.48. The summed E-state index contributed by atoms with van der Waals surface area (Å²) in [5, 5.41) is 10.4. The summed E-state index contributed by atoms with van der Waals surface area (Å²) in [6.45, 7) is 0. The van der Waals surface area contributed by atoms with Crippen LogP contribution < -0.4 is 21.7 Å². The number of rotatable bonds is 10. The maximum absolute atomic E-state index is 13.5. The molecule has 5 rings (SSSR count). The molecule has 0 atom stereocenters. The van der Waals surface area contributed by atoms with Gasteiger partial charge < -0.3 is 21.7 Å². The zero-order chi connectivity index (χ0) is 30.9. The van der Waals surface area contributed by atoms with Crippen LogP contribution in [0.4, 0.5) is 11.4 Å². The summed E-state index contributed by atoms with van der Waals surface area (Å²) in [6.07, 6.45) is 1.67. The van der Waals surface area contributed by atoms with E-state index in [1.165, 1.54) is 11.8 Å². The number of hydrogen-bond donors (Lipinski definition) is 4. The highest BCUT2D eigenvalue weighted by molar-refractivity contribution is 8.00. The van der Waals surface area contributed by atoms with Gasteiger partial charge in [-0.05, 0) is 83.1 Å². The molecule has 0 spiro atoms. The van der Waals surface area contributed by atoms with Gasteiger partial charge in [0.2, 0.25) is 11.8 Å². The Bertz CT molecular complexity index is 1850. The van der Waals surface area contributed by atoms with E-state index < -0.39 is 17.7 Å². The van der Waals surface area contributed by atoms with Crippen molar-refractivity contribution in [2.75, 3.05) is 16.4 Å². The highest BCUT2D eigenvalue weighted by Crippen LogP contribution is 2.23. The van der Waals surface area contributed by atoms with Crippen LogP contribution in [0.25, 0.3) is 16.8 Å². The van der Waals surface area contributed by atoms with E-state index in [1.807, 2.05) is 48.5 Å². The summed E-state index contributed by atoms with van der Waals surface area (Å²) in [7, 11) is 0. The van der Waals surface area contributed by atoms with Gasteiger partial charge in [-0.25, -0.2) is 0 Å². The lowest BCUT2D eigenvalue weighted by Crippen LogP contribution is -2.30. The molecule has 0 saturated heterocycles. The molecule has 0 bridgehead atoms. The number of hydrogen-bond acceptors (Lipinski definition) is 5. The number of thioether (sulfide) groups is 1. The maximum Gasteiger partial charge on any atom is 0.272 e. The van der Waals surface area contributed by atoms with E-state index in [-0.39, 0.29) is 17.4 Å². The molecule has 0 aromatic heterocycles. The Hall–Kier alpha value is -5.67. The average molecular weight is 601 g/mol. The Morgan fingerprint density at radius 2 is 1.30 bits per heavy atom. The van der Waals surface area contributed by atoms with Crippen LogP contribution >= 0.6 is 11.8 Å². The molecular formula is C35H28N4O4S. The number of amides is 4. The van der Waals surface area contributed by atoms with Gasteiger partial charge >= 0.3 is 0 Å². The van der Waals surface area contributed by atoms with E-state index >= 15 is 0 Å². The molecule has 0 radical (unpaired) electrons.